The van der Waals surface area contributed by atoms with Gasteiger partial charge in [-0.2, -0.15) is 18.3 Å². The Bertz CT molecular complexity index is 1650. The molecule has 1 heterocycles. The van der Waals surface area contributed by atoms with Gasteiger partial charge in [-0.15, -0.1) is 0 Å². The van der Waals surface area contributed by atoms with Crippen molar-refractivity contribution >= 4 is 10.9 Å². The number of rotatable bonds is 3. The highest BCUT2D eigenvalue weighted by molar-refractivity contribution is 5.95. The van der Waals surface area contributed by atoms with Crippen molar-refractivity contribution in [2.75, 3.05) is 0 Å². The Hall–Kier alpha value is -4.51. The van der Waals surface area contributed by atoms with Crippen LogP contribution in [0.2, 0.25) is 0 Å². The molecule has 0 aliphatic carbocycles. The first-order valence-electron chi connectivity index (χ1n) is 11.1. The van der Waals surface area contributed by atoms with Crippen molar-refractivity contribution in [3.63, 3.8) is 0 Å². The fourth-order valence-electron chi connectivity index (χ4n) is 4.08. The van der Waals surface area contributed by atoms with E-state index in [9.17, 15) is 26.3 Å². The molecule has 0 radical (unpaired) electrons. The predicted molar refractivity (Wildman–Crippen MR) is 128 cm³/mol. The SMILES string of the molecule is Fc1cc(F)c(Cn2nc3c(C(F)(F)F)cccc3c2-c2cccc(C#Cc3ccccc3)c2)c(F)c1. The van der Waals surface area contributed by atoms with Gasteiger partial charge in [0.15, 0.2) is 0 Å². The Kier molecular flexibility index (Phi) is 6.22. The van der Waals surface area contributed by atoms with Crippen molar-refractivity contribution < 1.29 is 26.3 Å². The number of halogens is 6. The second-order valence-electron chi connectivity index (χ2n) is 8.25. The van der Waals surface area contributed by atoms with Crippen molar-refractivity contribution in [2.45, 2.75) is 12.7 Å². The van der Waals surface area contributed by atoms with E-state index in [0.717, 1.165) is 16.3 Å². The van der Waals surface area contributed by atoms with E-state index in [1.54, 1.807) is 24.3 Å². The topological polar surface area (TPSA) is 17.8 Å². The Morgan fingerprint density at radius 2 is 1.38 bits per heavy atom. The molecule has 0 spiro atoms. The van der Waals surface area contributed by atoms with Gasteiger partial charge in [0.05, 0.1) is 17.8 Å². The molecule has 2 nitrogen and oxygen atoms in total. The van der Waals surface area contributed by atoms with Crippen LogP contribution in [0, 0.1) is 29.3 Å². The highest BCUT2D eigenvalue weighted by atomic mass is 19.4. The molecule has 0 fully saturated rings. The van der Waals surface area contributed by atoms with Crippen LogP contribution in [-0.4, -0.2) is 9.78 Å². The molecule has 4 aromatic carbocycles. The maximum absolute atomic E-state index is 14.5. The molecule has 0 saturated carbocycles. The number of hydrogen-bond acceptors (Lipinski definition) is 1. The molecule has 0 N–H and O–H groups in total. The Morgan fingerprint density at radius 3 is 2.08 bits per heavy atom. The molecule has 184 valence electrons. The summed E-state index contributed by atoms with van der Waals surface area (Å²) >= 11 is 0. The molecule has 0 amide bonds. The summed E-state index contributed by atoms with van der Waals surface area (Å²) in [6.07, 6.45) is -4.70. The normalized spacial score (nSPS) is 11.4. The van der Waals surface area contributed by atoms with Crippen LogP contribution in [0.15, 0.2) is 84.9 Å². The van der Waals surface area contributed by atoms with Crippen LogP contribution in [-0.2, 0) is 12.7 Å². The first kappa shape index (κ1) is 24.2. The number of alkyl halides is 3. The zero-order valence-electron chi connectivity index (χ0n) is 19.0. The van der Waals surface area contributed by atoms with E-state index in [4.69, 9.17) is 0 Å². The fourth-order valence-corrected chi connectivity index (χ4v) is 4.08. The van der Waals surface area contributed by atoms with Gasteiger partial charge in [0.2, 0.25) is 0 Å². The summed E-state index contributed by atoms with van der Waals surface area (Å²) in [7, 11) is 0. The second-order valence-corrected chi connectivity index (χ2v) is 8.25. The summed E-state index contributed by atoms with van der Waals surface area (Å²) < 4.78 is 84.7. The van der Waals surface area contributed by atoms with Gasteiger partial charge in [0, 0.05) is 39.8 Å². The zero-order chi connectivity index (χ0) is 26.2. The summed E-state index contributed by atoms with van der Waals surface area (Å²) in [5, 5.41) is 4.26. The van der Waals surface area contributed by atoms with Gasteiger partial charge in [0.1, 0.15) is 23.0 Å². The van der Waals surface area contributed by atoms with Crippen molar-refractivity contribution in [1.29, 1.82) is 0 Å². The van der Waals surface area contributed by atoms with Gasteiger partial charge in [-0.1, -0.05) is 54.3 Å². The van der Waals surface area contributed by atoms with E-state index in [2.05, 4.69) is 16.9 Å². The highest BCUT2D eigenvalue weighted by Gasteiger charge is 2.34. The van der Waals surface area contributed by atoms with Gasteiger partial charge in [0.25, 0.3) is 0 Å². The van der Waals surface area contributed by atoms with E-state index < -0.39 is 41.3 Å². The molecule has 0 saturated heterocycles. The average Bonchev–Trinajstić information content (AvgIpc) is 3.23. The summed E-state index contributed by atoms with van der Waals surface area (Å²) in [5.74, 6) is 2.60. The second kappa shape index (κ2) is 9.51. The van der Waals surface area contributed by atoms with Crippen LogP contribution >= 0.6 is 0 Å². The quantitative estimate of drug-likeness (QED) is 0.182. The largest absolute Gasteiger partial charge is 0.418 e. The van der Waals surface area contributed by atoms with Crippen molar-refractivity contribution in [3.05, 3.63) is 125 Å². The lowest BCUT2D eigenvalue weighted by molar-refractivity contribution is -0.136. The summed E-state index contributed by atoms with van der Waals surface area (Å²) in [4.78, 5) is 0. The first-order valence-corrected chi connectivity index (χ1v) is 11.1. The van der Waals surface area contributed by atoms with Crippen LogP contribution in [0.1, 0.15) is 22.3 Å². The average molecular weight is 506 g/mol. The van der Waals surface area contributed by atoms with Crippen LogP contribution in [0.5, 0.6) is 0 Å². The summed E-state index contributed by atoms with van der Waals surface area (Å²) in [5.41, 5.74) is 0.147. The zero-order valence-corrected chi connectivity index (χ0v) is 19.0. The van der Waals surface area contributed by atoms with Crippen LogP contribution in [0.4, 0.5) is 26.3 Å². The molecule has 0 atom stereocenters. The van der Waals surface area contributed by atoms with Crippen molar-refractivity contribution in [2.24, 2.45) is 0 Å². The molecule has 8 heteroatoms. The maximum atomic E-state index is 14.5. The molecule has 0 aliphatic rings. The minimum Gasteiger partial charge on any atom is -0.259 e. The van der Waals surface area contributed by atoms with Crippen LogP contribution < -0.4 is 0 Å². The Labute approximate surface area is 207 Å². The van der Waals surface area contributed by atoms with E-state index in [-0.39, 0.29) is 16.6 Å². The Morgan fingerprint density at radius 1 is 0.730 bits per heavy atom. The smallest absolute Gasteiger partial charge is 0.259 e. The number of nitrogens with zero attached hydrogens (tertiary/aromatic N) is 2. The molecule has 1 aromatic heterocycles. The standard InChI is InChI=1S/C29H16F6N2/c30-21-15-25(31)23(26(32)16-21)17-37-28(22-10-5-11-24(27(22)36-37)29(33,34)35)20-9-4-8-19(14-20)13-12-18-6-2-1-3-7-18/h1-11,14-16H,17H2. The first-order chi connectivity index (χ1) is 17.7. The van der Waals surface area contributed by atoms with Gasteiger partial charge >= 0.3 is 6.18 Å². The van der Waals surface area contributed by atoms with Gasteiger partial charge in [-0.25, -0.2) is 13.2 Å². The minimum absolute atomic E-state index is 0.144. The lowest BCUT2D eigenvalue weighted by Gasteiger charge is -2.11. The molecule has 0 bridgehead atoms. The third-order valence-electron chi connectivity index (χ3n) is 5.75. The molecule has 37 heavy (non-hydrogen) atoms. The van der Waals surface area contributed by atoms with E-state index in [0.29, 0.717) is 23.3 Å². The monoisotopic (exact) mass is 506 g/mol. The van der Waals surface area contributed by atoms with Crippen molar-refractivity contribution in [1.82, 2.24) is 9.78 Å². The molecule has 0 aliphatic heterocycles. The van der Waals surface area contributed by atoms with Gasteiger partial charge in [-0.3, -0.25) is 4.68 Å². The molecular weight excluding hydrogens is 490 g/mol. The van der Waals surface area contributed by atoms with E-state index >= 15 is 0 Å². The van der Waals surface area contributed by atoms with Crippen LogP contribution in [0.3, 0.4) is 0 Å². The summed E-state index contributed by atoms with van der Waals surface area (Å²) in [6.45, 7) is -0.556. The minimum atomic E-state index is -4.70. The third-order valence-corrected chi connectivity index (χ3v) is 5.75. The van der Waals surface area contributed by atoms with Crippen molar-refractivity contribution in [3.8, 4) is 23.1 Å². The lowest BCUT2D eigenvalue weighted by Crippen LogP contribution is -2.09. The molecular formula is C29H16F6N2. The molecule has 5 rings (SSSR count). The highest BCUT2D eigenvalue weighted by Crippen LogP contribution is 2.38. The summed E-state index contributed by atoms with van der Waals surface area (Å²) in [6, 6.07) is 20.6. The number of aromatic nitrogens is 2. The number of benzene rings is 4. The van der Waals surface area contributed by atoms with Gasteiger partial charge in [-0.05, 0) is 30.3 Å². The Balaban J connectivity index is 1.69. The van der Waals surface area contributed by atoms with Crippen LogP contribution in [0.25, 0.3) is 22.2 Å². The maximum Gasteiger partial charge on any atom is 0.418 e. The molecule has 5 aromatic rings. The van der Waals surface area contributed by atoms with E-state index in [1.165, 1.54) is 12.1 Å². The fraction of sp³-hybridized carbons (Fsp3) is 0.0690. The van der Waals surface area contributed by atoms with Gasteiger partial charge < -0.3 is 0 Å². The number of fused-ring (bicyclic) bond motifs is 1. The lowest BCUT2D eigenvalue weighted by atomic mass is 10.0. The van der Waals surface area contributed by atoms with E-state index in [1.807, 2.05) is 30.3 Å². The predicted octanol–water partition coefficient (Wildman–Crippen LogP) is 7.59. The number of hydrogen-bond donors (Lipinski definition) is 0. The third kappa shape index (κ3) is 4.94. The molecule has 0 unspecified atom stereocenters.